The van der Waals surface area contributed by atoms with E-state index in [1.165, 1.54) is 19.3 Å². The predicted octanol–water partition coefficient (Wildman–Crippen LogP) is 4.12. The minimum absolute atomic E-state index is 0.540. The number of hydrogen-bond donors (Lipinski definition) is 1. The van der Waals surface area contributed by atoms with E-state index >= 15 is 0 Å². The standard InChI is InChI=1S/C14H17ClN2/c1-9-4-3-5-12(9)17-13-7-6-11(8-16)14(15)10(13)2/h6-7,9,12,17H,3-5H2,1-2H3/t9-,12+/m0/s1. The molecule has 2 rings (SSSR count). The Morgan fingerprint density at radius 2 is 2.18 bits per heavy atom. The van der Waals surface area contributed by atoms with Crippen molar-refractivity contribution >= 4 is 17.3 Å². The first-order valence-corrected chi connectivity index (χ1v) is 6.47. The molecule has 1 fully saturated rings. The second-order valence-corrected chi connectivity index (χ2v) is 5.25. The van der Waals surface area contributed by atoms with E-state index < -0.39 is 0 Å². The smallest absolute Gasteiger partial charge is 0.101 e. The molecule has 2 nitrogen and oxygen atoms in total. The van der Waals surface area contributed by atoms with Crippen molar-refractivity contribution in [3.8, 4) is 6.07 Å². The molecular weight excluding hydrogens is 232 g/mol. The summed E-state index contributed by atoms with van der Waals surface area (Å²) < 4.78 is 0. The lowest BCUT2D eigenvalue weighted by Gasteiger charge is -2.20. The number of hydrogen-bond acceptors (Lipinski definition) is 2. The molecule has 0 aliphatic heterocycles. The van der Waals surface area contributed by atoms with Crippen molar-refractivity contribution in [3.05, 3.63) is 28.3 Å². The number of anilines is 1. The molecule has 17 heavy (non-hydrogen) atoms. The van der Waals surface area contributed by atoms with Gasteiger partial charge < -0.3 is 5.32 Å². The monoisotopic (exact) mass is 248 g/mol. The first-order valence-electron chi connectivity index (χ1n) is 6.09. The summed E-state index contributed by atoms with van der Waals surface area (Å²) in [6, 6.07) is 6.40. The molecule has 0 bridgehead atoms. The molecule has 0 spiro atoms. The lowest BCUT2D eigenvalue weighted by Crippen LogP contribution is -2.22. The number of nitrogens with one attached hydrogen (secondary N) is 1. The maximum atomic E-state index is 8.91. The number of halogens is 1. The Morgan fingerprint density at radius 3 is 2.76 bits per heavy atom. The van der Waals surface area contributed by atoms with E-state index in [1.807, 2.05) is 13.0 Å². The van der Waals surface area contributed by atoms with Gasteiger partial charge in [0.2, 0.25) is 0 Å². The van der Waals surface area contributed by atoms with Crippen LogP contribution in [0.4, 0.5) is 5.69 Å². The van der Waals surface area contributed by atoms with Crippen molar-refractivity contribution < 1.29 is 0 Å². The van der Waals surface area contributed by atoms with Gasteiger partial charge in [-0.3, -0.25) is 0 Å². The zero-order valence-corrected chi connectivity index (χ0v) is 11.0. The van der Waals surface area contributed by atoms with Gasteiger partial charge in [-0.25, -0.2) is 0 Å². The molecule has 90 valence electrons. The third kappa shape index (κ3) is 2.40. The quantitative estimate of drug-likeness (QED) is 0.855. The SMILES string of the molecule is Cc1c(N[C@@H]2CCC[C@@H]2C)ccc(C#N)c1Cl. The summed E-state index contributed by atoms with van der Waals surface area (Å²) in [6.45, 7) is 4.25. The minimum Gasteiger partial charge on any atom is -0.382 e. The van der Waals surface area contributed by atoms with E-state index in [0.717, 1.165) is 11.3 Å². The van der Waals surface area contributed by atoms with Crippen LogP contribution in [0.2, 0.25) is 5.02 Å². The van der Waals surface area contributed by atoms with Gasteiger partial charge in [-0.05, 0) is 43.4 Å². The summed E-state index contributed by atoms with van der Waals surface area (Å²) in [4.78, 5) is 0. The molecule has 0 amide bonds. The van der Waals surface area contributed by atoms with E-state index in [4.69, 9.17) is 16.9 Å². The molecule has 1 saturated carbocycles. The van der Waals surface area contributed by atoms with Gasteiger partial charge in [-0.15, -0.1) is 0 Å². The maximum absolute atomic E-state index is 8.91. The summed E-state index contributed by atoms with van der Waals surface area (Å²) in [5.41, 5.74) is 2.59. The van der Waals surface area contributed by atoms with Crippen molar-refractivity contribution in [2.75, 3.05) is 5.32 Å². The number of benzene rings is 1. The highest BCUT2D eigenvalue weighted by atomic mass is 35.5. The molecule has 3 heteroatoms. The van der Waals surface area contributed by atoms with Crippen LogP contribution < -0.4 is 5.32 Å². The summed E-state index contributed by atoms with van der Waals surface area (Å²) in [5.74, 6) is 0.712. The highest BCUT2D eigenvalue weighted by Crippen LogP contribution is 2.32. The van der Waals surface area contributed by atoms with Crippen molar-refractivity contribution in [1.82, 2.24) is 0 Å². The average molecular weight is 249 g/mol. The van der Waals surface area contributed by atoms with Crippen LogP contribution in [-0.2, 0) is 0 Å². The van der Waals surface area contributed by atoms with Gasteiger partial charge >= 0.3 is 0 Å². The van der Waals surface area contributed by atoms with Gasteiger partial charge in [0.05, 0.1) is 10.6 Å². The Balaban J connectivity index is 2.22. The van der Waals surface area contributed by atoms with Crippen LogP contribution in [0.3, 0.4) is 0 Å². The van der Waals surface area contributed by atoms with Gasteiger partial charge in [0, 0.05) is 11.7 Å². The molecule has 0 heterocycles. The van der Waals surface area contributed by atoms with E-state index in [-0.39, 0.29) is 0 Å². The highest BCUT2D eigenvalue weighted by molar-refractivity contribution is 6.32. The summed E-state index contributed by atoms with van der Waals surface area (Å²) in [7, 11) is 0. The van der Waals surface area contributed by atoms with Crippen LogP contribution in [0.15, 0.2) is 12.1 Å². The van der Waals surface area contributed by atoms with Crippen LogP contribution in [-0.4, -0.2) is 6.04 Å². The van der Waals surface area contributed by atoms with E-state index in [2.05, 4.69) is 18.3 Å². The molecule has 0 aromatic heterocycles. The van der Waals surface area contributed by atoms with E-state index in [0.29, 0.717) is 22.5 Å². The molecule has 2 atom stereocenters. The minimum atomic E-state index is 0.540. The highest BCUT2D eigenvalue weighted by Gasteiger charge is 2.23. The van der Waals surface area contributed by atoms with Crippen LogP contribution >= 0.6 is 11.6 Å². The molecule has 0 saturated heterocycles. The van der Waals surface area contributed by atoms with Crippen molar-refractivity contribution in [3.63, 3.8) is 0 Å². The summed E-state index contributed by atoms with van der Waals surface area (Å²) in [5, 5.41) is 13.0. The van der Waals surface area contributed by atoms with Gasteiger partial charge in [0.25, 0.3) is 0 Å². The second kappa shape index (κ2) is 4.98. The summed E-state index contributed by atoms with van der Waals surface area (Å²) in [6.07, 6.45) is 3.81. The first-order chi connectivity index (χ1) is 8.13. The van der Waals surface area contributed by atoms with Crippen LogP contribution in [0.1, 0.15) is 37.3 Å². The topological polar surface area (TPSA) is 35.8 Å². The van der Waals surface area contributed by atoms with Gasteiger partial charge in [-0.1, -0.05) is 24.9 Å². The van der Waals surface area contributed by atoms with Crippen LogP contribution in [0, 0.1) is 24.2 Å². The Morgan fingerprint density at radius 1 is 1.41 bits per heavy atom. The molecule has 1 aliphatic rings. The number of nitriles is 1. The molecule has 1 aromatic rings. The van der Waals surface area contributed by atoms with Crippen molar-refractivity contribution in [2.45, 2.75) is 39.2 Å². The Hall–Kier alpha value is -1.20. The fourth-order valence-electron chi connectivity index (χ4n) is 2.49. The van der Waals surface area contributed by atoms with Crippen LogP contribution in [0.5, 0.6) is 0 Å². The van der Waals surface area contributed by atoms with Gasteiger partial charge in [0.1, 0.15) is 6.07 Å². The lowest BCUT2D eigenvalue weighted by atomic mass is 10.0. The predicted molar refractivity (Wildman–Crippen MR) is 71.3 cm³/mol. The normalized spacial score (nSPS) is 23.4. The van der Waals surface area contributed by atoms with E-state index in [9.17, 15) is 0 Å². The fraction of sp³-hybridized carbons (Fsp3) is 0.500. The van der Waals surface area contributed by atoms with Crippen molar-refractivity contribution in [2.24, 2.45) is 5.92 Å². The number of rotatable bonds is 2. The summed E-state index contributed by atoms with van der Waals surface area (Å²) >= 11 is 6.16. The molecule has 0 unspecified atom stereocenters. The van der Waals surface area contributed by atoms with Crippen molar-refractivity contribution in [1.29, 1.82) is 5.26 Å². The zero-order chi connectivity index (χ0) is 12.4. The molecule has 1 aromatic carbocycles. The Labute approximate surface area is 108 Å². The largest absolute Gasteiger partial charge is 0.382 e. The average Bonchev–Trinajstić information content (AvgIpc) is 2.71. The van der Waals surface area contributed by atoms with Gasteiger partial charge in [-0.2, -0.15) is 5.26 Å². The first kappa shape index (κ1) is 12.3. The second-order valence-electron chi connectivity index (χ2n) is 4.87. The molecule has 0 radical (unpaired) electrons. The fourth-order valence-corrected chi connectivity index (χ4v) is 2.69. The van der Waals surface area contributed by atoms with Crippen LogP contribution in [0.25, 0.3) is 0 Å². The lowest BCUT2D eigenvalue weighted by molar-refractivity contribution is 0.556. The Bertz CT molecular complexity index is 462. The molecule has 1 N–H and O–H groups in total. The third-order valence-corrected chi connectivity index (χ3v) is 4.20. The Kier molecular flexibility index (Phi) is 3.59. The van der Waals surface area contributed by atoms with Gasteiger partial charge in [0.15, 0.2) is 0 Å². The van der Waals surface area contributed by atoms with E-state index in [1.54, 1.807) is 6.07 Å². The number of nitrogens with zero attached hydrogens (tertiary/aromatic N) is 1. The zero-order valence-electron chi connectivity index (χ0n) is 10.3. The third-order valence-electron chi connectivity index (χ3n) is 3.71. The molecule has 1 aliphatic carbocycles. The molecular formula is C14H17ClN2. The maximum Gasteiger partial charge on any atom is 0.101 e.